The Bertz CT molecular complexity index is 1670. The summed E-state index contributed by atoms with van der Waals surface area (Å²) in [5, 5.41) is 4.09. The average Bonchev–Trinajstić information content (AvgIpc) is 3.50. The fourth-order valence-corrected chi connectivity index (χ4v) is 8.90. The van der Waals surface area contributed by atoms with Gasteiger partial charge in [0, 0.05) is 70.2 Å². The quantitative estimate of drug-likeness (QED) is 0.215. The zero-order chi connectivity index (χ0) is 28.3. The molecule has 2 unspecified atom stereocenters. The largest absolute Gasteiger partial charge is 0.398 e. The molecule has 0 radical (unpaired) electrons. The Morgan fingerprint density at radius 1 is 0.683 bits per heavy atom. The number of hydrogen-bond donors (Lipinski definition) is 2. The highest BCUT2D eigenvalue weighted by Gasteiger charge is 2.76. The molecule has 2 atom stereocenters. The van der Waals surface area contributed by atoms with E-state index in [0.29, 0.717) is 55.5 Å². The predicted molar refractivity (Wildman–Crippen MR) is 167 cm³/mol. The molecule has 0 saturated heterocycles. The van der Waals surface area contributed by atoms with E-state index in [0.717, 1.165) is 44.0 Å². The summed E-state index contributed by atoms with van der Waals surface area (Å²) in [5.74, 6) is 1.11. The maximum atomic E-state index is 14.1. The number of anilines is 4. The van der Waals surface area contributed by atoms with Gasteiger partial charge in [-0.15, -0.1) is 23.2 Å². The van der Waals surface area contributed by atoms with E-state index in [1.807, 2.05) is 58.3 Å². The third-order valence-corrected chi connectivity index (χ3v) is 10.9. The molecule has 41 heavy (non-hydrogen) atoms. The average molecular weight is 586 g/mol. The third-order valence-electron chi connectivity index (χ3n) is 10.2. The van der Waals surface area contributed by atoms with E-state index in [1.165, 1.54) is 0 Å². The molecule has 4 aromatic rings. The van der Waals surface area contributed by atoms with Gasteiger partial charge < -0.3 is 21.3 Å². The SMILES string of the molecule is Nc1cc2c(c3ccccc13)C(CCl)CN2C(=O)C12CC(C(=O)N3CC(CCl)c4c3cc(N)c3ccccc43)(C1)C2. The van der Waals surface area contributed by atoms with Crippen molar-refractivity contribution in [3.63, 3.8) is 0 Å². The number of alkyl halides is 2. The predicted octanol–water partition coefficient (Wildman–Crippen LogP) is 6.37. The maximum Gasteiger partial charge on any atom is 0.233 e. The fraction of sp³-hybridized carbons (Fsp3) is 0.333. The number of carbonyl (C=O) groups is 2. The van der Waals surface area contributed by atoms with Crippen LogP contribution in [0.5, 0.6) is 0 Å². The minimum Gasteiger partial charge on any atom is -0.398 e. The minimum absolute atomic E-state index is 0.0397. The zero-order valence-electron chi connectivity index (χ0n) is 22.5. The van der Waals surface area contributed by atoms with Crippen LogP contribution in [0, 0.1) is 10.8 Å². The smallest absolute Gasteiger partial charge is 0.233 e. The van der Waals surface area contributed by atoms with E-state index in [9.17, 15) is 9.59 Å². The Morgan fingerprint density at radius 3 is 1.41 bits per heavy atom. The van der Waals surface area contributed by atoms with E-state index in [1.54, 1.807) is 0 Å². The lowest BCUT2D eigenvalue weighted by Gasteiger charge is -2.69. The van der Waals surface area contributed by atoms with E-state index >= 15 is 0 Å². The number of carbonyl (C=O) groups excluding carboxylic acids is 2. The Balaban J connectivity index is 1.08. The van der Waals surface area contributed by atoms with Crippen molar-refractivity contribution in [3.8, 4) is 0 Å². The van der Waals surface area contributed by atoms with Crippen LogP contribution < -0.4 is 21.3 Å². The fourth-order valence-electron chi connectivity index (χ4n) is 8.40. The van der Waals surface area contributed by atoms with Gasteiger partial charge in [-0.2, -0.15) is 0 Å². The minimum atomic E-state index is -0.509. The molecule has 8 heteroatoms. The molecule has 0 aromatic heterocycles. The molecule has 4 N–H and O–H groups in total. The zero-order valence-corrected chi connectivity index (χ0v) is 24.0. The van der Waals surface area contributed by atoms with Crippen LogP contribution in [-0.4, -0.2) is 36.7 Å². The van der Waals surface area contributed by atoms with Crippen molar-refractivity contribution in [1.29, 1.82) is 0 Å². The molecule has 2 heterocycles. The van der Waals surface area contributed by atoms with Crippen LogP contribution in [0.25, 0.3) is 21.5 Å². The highest BCUT2D eigenvalue weighted by atomic mass is 35.5. The molecule has 3 saturated carbocycles. The number of nitrogen functional groups attached to an aromatic ring is 2. The van der Waals surface area contributed by atoms with Gasteiger partial charge >= 0.3 is 0 Å². The Labute approximate surface area is 248 Å². The first-order valence-corrected chi connectivity index (χ1v) is 15.3. The molecule has 0 spiro atoms. The normalized spacial score (nSPS) is 27.5. The van der Waals surface area contributed by atoms with Crippen molar-refractivity contribution >= 4 is 79.3 Å². The first-order chi connectivity index (χ1) is 19.8. The van der Waals surface area contributed by atoms with Crippen molar-refractivity contribution in [2.75, 3.05) is 46.1 Å². The molecule has 3 aliphatic carbocycles. The summed E-state index contributed by atoms with van der Waals surface area (Å²) in [6.07, 6.45) is 1.70. The second-order valence-electron chi connectivity index (χ2n) is 12.5. The van der Waals surface area contributed by atoms with Crippen LogP contribution in [0.3, 0.4) is 0 Å². The van der Waals surface area contributed by atoms with Crippen molar-refractivity contribution in [1.82, 2.24) is 0 Å². The lowest BCUT2D eigenvalue weighted by Crippen LogP contribution is -2.73. The number of halogens is 2. The van der Waals surface area contributed by atoms with Crippen LogP contribution in [0.2, 0.25) is 0 Å². The topological polar surface area (TPSA) is 92.7 Å². The summed E-state index contributed by atoms with van der Waals surface area (Å²) in [7, 11) is 0. The van der Waals surface area contributed by atoms with Crippen LogP contribution in [0.4, 0.5) is 22.7 Å². The van der Waals surface area contributed by atoms with Gasteiger partial charge in [-0.25, -0.2) is 0 Å². The molecule has 6 nitrogen and oxygen atoms in total. The number of fused-ring (bicyclic) bond motifs is 6. The monoisotopic (exact) mass is 584 g/mol. The van der Waals surface area contributed by atoms with Gasteiger partial charge in [0.05, 0.1) is 10.8 Å². The Kier molecular flexibility index (Phi) is 5.25. The standard InChI is InChI=1S/C33H30Cl2N4O2/c34-11-18-13-38(26-9-24(36)20-5-1-3-7-22(20)28(18)26)30(40)32-15-33(16-32,17-32)31(41)39-14-19(12-35)29-23-8-4-2-6-21(23)25(37)10-27(29)39/h1-10,18-19H,11-17,36-37H2. The van der Waals surface area contributed by atoms with Gasteiger partial charge in [-0.3, -0.25) is 9.59 Å². The third kappa shape index (κ3) is 3.21. The number of rotatable bonds is 4. The highest BCUT2D eigenvalue weighted by molar-refractivity contribution is 6.20. The molecular formula is C33H30Cl2N4O2. The second-order valence-corrected chi connectivity index (χ2v) is 13.1. The van der Waals surface area contributed by atoms with Gasteiger partial charge in [-0.1, -0.05) is 48.5 Å². The van der Waals surface area contributed by atoms with Gasteiger partial charge in [0.1, 0.15) is 0 Å². The first-order valence-electron chi connectivity index (χ1n) is 14.2. The van der Waals surface area contributed by atoms with Gasteiger partial charge in [0.25, 0.3) is 0 Å². The maximum absolute atomic E-state index is 14.1. The Hall–Kier alpha value is -3.48. The van der Waals surface area contributed by atoms with Gasteiger partial charge in [0.15, 0.2) is 0 Å². The van der Waals surface area contributed by atoms with Gasteiger partial charge in [0.2, 0.25) is 11.8 Å². The van der Waals surface area contributed by atoms with Crippen LogP contribution in [-0.2, 0) is 9.59 Å². The molecule has 208 valence electrons. The summed E-state index contributed by atoms with van der Waals surface area (Å²) in [5.41, 5.74) is 17.1. The summed E-state index contributed by atoms with van der Waals surface area (Å²) in [6, 6.07) is 19.9. The summed E-state index contributed by atoms with van der Waals surface area (Å²) < 4.78 is 0. The van der Waals surface area contributed by atoms with Crippen molar-refractivity contribution in [3.05, 3.63) is 71.8 Å². The van der Waals surface area contributed by atoms with Crippen molar-refractivity contribution in [2.24, 2.45) is 10.8 Å². The van der Waals surface area contributed by atoms with E-state index in [2.05, 4.69) is 12.1 Å². The summed E-state index contributed by atoms with van der Waals surface area (Å²) >= 11 is 12.9. The number of nitrogens with two attached hydrogens (primary N) is 2. The van der Waals surface area contributed by atoms with Crippen molar-refractivity contribution in [2.45, 2.75) is 31.1 Å². The van der Waals surface area contributed by atoms with E-state index < -0.39 is 10.8 Å². The lowest BCUT2D eigenvalue weighted by atomic mass is 9.34. The lowest BCUT2D eigenvalue weighted by molar-refractivity contribution is -0.204. The molecule has 2 bridgehead atoms. The van der Waals surface area contributed by atoms with E-state index in [4.69, 9.17) is 34.7 Å². The number of nitrogens with zero attached hydrogens (tertiary/aromatic N) is 2. The molecule has 4 aromatic carbocycles. The Morgan fingerprint density at radius 2 is 1.05 bits per heavy atom. The molecule has 5 aliphatic rings. The molecule has 2 amide bonds. The first kappa shape index (κ1) is 25.2. The molecular weight excluding hydrogens is 555 g/mol. The van der Waals surface area contributed by atoms with E-state index in [-0.39, 0.29) is 23.7 Å². The molecule has 2 aliphatic heterocycles. The summed E-state index contributed by atoms with van der Waals surface area (Å²) in [4.78, 5) is 32.0. The van der Waals surface area contributed by atoms with Crippen molar-refractivity contribution < 1.29 is 9.59 Å². The molecule has 3 fully saturated rings. The second kappa shape index (κ2) is 8.52. The number of amides is 2. The van der Waals surface area contributed by atoms with Crippen LogP contribution in [0.15, 0.2) is 60.7 Å². The number of hydrogen-bond acceptors (Lipinski definition) is 4. The van der Waals surface area contributed by atoms with Gasteiger partial charge in [-0.05, 0) is 53.3 Å². The molecule has 9 rings (SSSR count). The van der Waals surface area contributed by atoms with Crippen LogP contribution in [0.1, 0.15) is 42.2 Å². The highest BCUT2D eigenvalue weighted by Crippen LogP contribution is 2.75. The summed E-state index contributed by atoms with van der Waals surface area (Å²) in [6.45, 7) is 1.08. The number of benzene rings is 4. The van der Waals surface area contributed by atoms with Crippen LogP contribution >= 0.6 is 23.2 Å².